The summed E-state index contributed by atoms with van der Waals surface area (Å²) in [5, 5.41) is 9.78. The van der Waals surface area contributed by atoms with E-state index in [1.807, 2.05) is 35.7 Å². The molecule has 1 fully saturated rings. The van der Waals surface area contributed by atoms with Crippen LogP contribution in [-0.4, -0.2) is 51.2 Å². The second-order valence-corrected chi connectivity index (χ2v) is 7.60. The van der Waals surface area contributed by atoms with Crippen molar-refractivity contribution in [3.63, 3.8) is 0 Å². The van der Waals surface area contributed by atoms with E-state index in [0.29, 0.717) is 24.7 Å². The molecule has 0 spiro atoms. The number of nitrogens with one attached hydrogen (secondary N) is 1. The fourth-order valence-corrected chi connectivity index (χ4v) is 3.80. The van der Waals surface area contributed by atoms with E-state index >= 15 is 0 Å². The van der Waals surface area contributed by atoms with Crippen LogP contribution < -0.4 is 10.1 Å². The van der Waals surface area contributed by atoms with Gasteiger partial charge in [-0.15, -0.1) is 16.4 Å². The molecular formula is C20H21N5O3S. The maximum absolute atomic E-state index is 12.7. The first kappa shape index (κ1) is 19.1. The van der Waals surface area contributed by atoms with Gasteiger partial charge in [-0.3, -0.25) is 9.59 Å². The molecule has 1 aromatic carbocycles. The van der Waals surface area contributed by atoms with Gasteiger partial charge in [0.25, 0.3) is 5.91 Å². The van der Waals surface area contributed by atoms with Crippen LogP contribution in [0.4, 0.5) is 5.82 Å². The minimum Gasteiger partial charge on any atom is -0.484 e. The number of para-hydroxylation sites is 1. The fourth-order valence-electron chi connectivity index (χ4n) is 3.23. The van der Waals surface area contributed by atoms with E-state index in [1.165, 1.54) is 11.3 Å². The number of likely N-dealkylation sites (tertiary alicyclic amines) is 1. The van der Waals surface area contributed by atoms with Gasteiger partial charge in [-0.2, -0.15) is 0 Å². The van der Waals surface area contributed by atoms with Crippen LogP contribution in [0.25, 0.3) is 5.13 Å². The summed E-state index contributed by atoms with van der Waals surface area (Å²) in [5.74, 6) is 0.619. The molecule has 0 bridgehead atoms. The molecule has 1 saturated heterocycles. The maximum atomic E-state index is 12.7. The quantitative estimate of drug-likeness (QED) is 0.673. The molecule has 150 valence electrons. The number of benzene rings is 1. The Morgan fingerprint density at radius 3 is 2.90 bits per heavy atom. The predicted molar refractivity (Wildman–Crippen MR) is 109 cm³/mol. The van der Waals surface area contributed by atoms with E-state index in [9.17, 15) is 9.59 Å². The predicted octanol–water partition coefficient (Wildman–Crippen LogP) is 2.58. The summed E-state index contributed by atoms with van der Waals surface area (Å²) in [5.41, 5.74) is 0. The van der Waals surface area contributed by atoms with Crippen molar-refractivity contribution in [1.82, 2.24) is 19.7 Å². The van der Waals surface area contributed by atoms with Gasteiger partial charge < -0.3 is 15.0 Å². The molecule has 4 rings (SSSR count). The number of amides is 2. The van der Waals surface area contributed by atoms with Crippen molar-refractivity contribution in [2.45, 2.75) is 12.8 Å². The highest BCUT2D eigenvalue weighted by Crippen LogP contribution is 2.20. The zero-order chi connectivity index (χ0) is 20.1. The Hall–Kier alpha value is -3.20. The van der Waals surface area contributed by atoms with E-state index in [4.69, 9.17) is 4.74 Å². The normalized spacial score (nSPS) is 16.4. The highest BCUT2D eigenvalue weighted by Gasteiger charge is 2.29. The molecule has 0 radical (unpaired) electrons. The number of aromatic nitrogens is 3. The number of hydrogen-bond donors (Lipinski definition) is 1. The molecule has 2 amide bonds. The van der Waals surface area contributed by atoms with Gasteiger partial charge >= 0.3 is 0 Å². The maximum Gasteiger partial charge on any atom is 0.260 e. The Kier molecular flexibility index (Phi) is 5.85. The summed E-state index contributed by atoms with van der Waals surface area (Å²) in [6.07, 6.45) is 4.98. The van der Waals surface area contributed by atoms with Gasteiger partial charge in [0.15, 0.2) is 12.4 Å². The van der Waals surface area contributed by atoms with Crippen molar-refractivity contribution in [3.05, 3.63) is 54.2 Å². The standard InChI is InChI=1S/C20H21N5O3S/c26-18(14-28-16-6-2-1-3-7-16)24-10-4-5-15(13-24)19(27)22-17-8-11-25(23-17)20-21-9-12-29-20/h1-3,6-9,11-12,15H,4-5,10,13-14H2,(H,22,23,27). The Bertz CT molecular complexity index is 958. The largest absolute Gasteiger partial charge is 0.484 e. The molecule has 1 aliphatic rings. The lowest BCUT2D eigenvalue weighted by atomic mass is 9.97. The van der Waals surface area contributed by atoms with Crippen molar-refractivity contribution >= 4 is 29.0 Å². The van der Waals surface area contributed by atoms with Gasteiger partial charge in [0.2, 0.25) is 11.0 Å². The molecule has 3 aromatic rings. The SMILES string of the molecule is O=C(Nc1ccn(-c2nccs2)n1)C1CCCN(C(=O)COc2ccccc2)C1. The Morgan fingerprint density at radius 1 is 1.24 bits per heavy atom. The van der Waals surface area contributed by atoms with Gasteiger partial charge in [0, 0.05) is 36.9 Å². The zero-order valence-electron chi connectivity index (χ0n) is 15.7. The van der Waals surface area contributed by atoms with Crippen LogP contribution in [0.15, 0.2) is 54.2 Å². The van der Waals surface area contributed by atoms with Crippen LogP contribution in [0, 0.1) is 5.92 Å². The average molecular weight is 411 g/mol. The monoisotopic (exact) mass is 411 g/mol. The molecule has 9 heteroatoms. The average Bonchev–Trinajstić information content (AvgIpc) is 3.45. The number of rotatable bonds is 6. The summed E-state index contributed by atoms with van der Waals surface area (Å²) in [6, 6.07) is 11.0. The number of anilines is 1. The molecule has 0 saturated carbocycles. The summed E-state index contributed by atoms with van der Waals surface area (Å²) >= 11 is 1.46. The molecule has 1 aliphatic heterocycles. The second-order valence-electron chi connectivity index (χ2n) is 6.73. The van der Waals surface area contributed by atoms with Crippen LogP contribution in [0.1, 0.15) is 12.8 Å². The lowest BCUT2D eigenvalue weighted by Crippen LogP contribution is -2.45. The first-order chi connectivity index (χ1) is 14.2. The molecule has 1 N–H and O–H groups in total. The van der Waals surface area contributed by atoms with Crippen molar-refractivity contribution in [1.29, 1.82) is 0 Å². The number of carbonyl (C=O) groups excluding carboxylic acids is 2. The number of thiazole rings is 1. The van der Waals surface area contributed by atoms with Crippen LogP contribution >= 0.6 is 11.3 Å². The fraction of sp³-hybridized carbons (Fsp3) is 0.300. The molecule has 1 atom stereocenters. The van der Waals surface area contributed by atoms with Crippen LogP contribution in [0.3, 0.4) is 0 Å². The summed E-state index contributed by atoms with van der Waals surface area (Å²) in [7, 11) is 0. The molecule has 1 unspecified atom stereocenters. The molecule has 29 heavy (non-hydrogen) atoms. The third kappa shape index (κ3) is 4.80. The van der Waals surface area contributed by atoms with E-state index in [0.717, 1.165) is 18.0 Å². The van der Waals surface area contributed by atoms with Gasteiger partial charge in [-0.25, -0.2) is 9.67 Å². The lowest BCUT2D eigenvalue weighted by molar-refractivity contribution is -0.136. The number of ether oxygens (including phenoxy) is 1. The van der Waals surface area contributed by atoms with E-state index in [2.05, 4.69) is 15.4 Å². The third-order valence-electron chi connectivity index (χ3n) is 4.71. The molecule has 0 aliphatic carbocycles. The van der Waals surface area contributed by atoms with Gasteiger partial charge in [0.05, 0.1) is 5.92 Å². The highest BCUT2D eigenvalue weighted by molar-refractivity contribution is 7.12. The minimum atomic E-state index is -0.269. The molecular weight excluding hydrogens is 390 g/mol. The Labute approximate surface area is 172 Å². The van der Waals surface area contributed by atoms with Crippen molar-refractivity contribution in [2.24, 2.45) is 5.92 Å². The van der Waals surface area contributed by atoms with E-state index in [1.54, 1.807) is 28.0 Å². The van der Waals surface area contributed by atoms with Gasteiger partial charge in [-0.05, 0) is 25.0 Å². The molecule has 8 nitrogen and oxygen atoms in total. The first-order valence-electron chi connectivity index (χ1n) is 9.41. The topological polar surface area (TPSA) is 89.4 Å². The third-order valence-corrected chi connectivity index (χ3v) is 5.47. The van der Waals surface area contributed by atoms with Crippen molar-refractivity contribution < 1.29 is 14.3 Å². The Morgan fingerprint density at radius 2 is 2.10 bits per heavy atom. The summed E-state index contributed by atoms with van der Waals surface area (Å²) in [4.78, 5) is 31.0. The van der Waals surface area contributed by atoms with Crippen LogP contribution in [0.2, 0.25) is 0 Å². The van der Waals surface area contributed by atoms with E-state index in [-0.39, 0.29) is 24.3 Å². The van der Waals surface area contributed by atoms with Crippen LogP contribution in [-0.2, 0) is 9.59 Å². The van der Waals surface area contributed by atoms with Crippen molar-refractivity contribution in [2.75, 3.05) is 25.0 Å². The summed E-state index contributed by atoms with van der Waals surface area (Å²) in [6.45, 7) is 0.992. The number of carbonyl (C=O) groups is 2. The number of hydrogen-bond acceptors (Lipinski definition) is 6. The molecule has 3 heterocycles. The lowest BCUT2D eigenvalue weighted by Gasteiger charge is -2.31. The van der Waals surface area contributed by atoms with Gasteiger partial charge in [-0.1, -0.05) is 18.2 Å². The molecule has 2 aromatic heterocycles. The smallest absolute Gasteiger partial charge is 0.260 e. The Balaban J connectivity index is 1.30. The number of nitrogens with zero attached hydrogens (tertiary/aromatic N) is 4. The number of piperidine rings is 1. The highest BCUT2D eigenvalue weighted by atomic mass is 32.1. The second kappa shape index (κ2) is 8.87. The van der Waals surface area contributed by atoms with Crippen LogP contribution in [0.5, 0.6) is 5.75 Å². The first-order valence-corrected chi connectivity index (χ1v) is 10.3. The zero-order valence-corrected chi connectivity index (χ0v) is 16.5. The minimum absolute atomic E-state index is 0.0312. The van der Waals surface area contributed by atoms with Gasteiger partial charge in [0.1, 0.15) is 5.75 Å². The summed E-state index contributed by atoms with van der Waals surface area (Å²) < 4.78 is 7.16. The van der Waals surface area contributed by atoms with E-state index < -0.39 is 0 Å². The van der Waals surface area contributed by atoms with Crippen molar-refractivity contribution in [3.8, 4) is 10.9 Å².